The smallest absolute Gasteiger partial charge is 0.141 e. The molecule has 0 atom stereocenters. The molecule has 0 radical (unpaired) electrons. The van der Waals surface area contributed by atoms with Crippen LogP contribution in [0.25, 0.3) is 11.3 Å². The third-order valence-corrected chi connectivity index (χ3v) is 4.04. The maximum absolute atomic E-state index is 5.50. The minimum atomic E-state index is 0.798. The minimum absolute atomic E-state index is 0.798. The van der Waals surface area contributed by atoms with Crippen LogP contribution in [-0.4, -0.2) is 23.2 Å². The Morgan fingerprint density at radius 3 is 3.00 bits per heavy atom. The maximum Gasteiger partial charge on any atom is 0.141 e. The summed E-state index contributed by atoms with van der Waals surface area (Å²) >= 11 is 4.53. The molecule has 0 amide bonds. The van der Waals surface area contributed by atoms with Crippen molar-refractivity contribution in [1.82, 2.24) is 14.9 Å². The maximum atomic E-state index is 5.50. The Hall–Kier alpha value is -1.46. The van der Waals surface area contributed by atoms with Crippen LogP contribution in [0.3, 0.4) is 0 Å². The highest BCUT2D eigenvalue weighted by molar-refractivity contribution is 7.80. The molecule has 3 rings (SSSR count). The molecule has 100 valence electrons. The number of methoxy groups -OCH3 is 1. The van der Waals surface area contributed by atoms with E-state index < -0.39 is 0 Å². The molecule has 2 heterocycles. The lowest BCUT2D eigenvalue weighted by atomic mass is 10.1. The van der Waals surface area contributed by atoms with Gasteiger partial charge in [-0.1, -0.05) is 6.07 Å². The molecule has 0 fully saturated rings. The van der Waals surface area contributed by atoms with E-state index in [1.807, 2.05) is 6.92 Å². The summed E-state index contributed by atoms with van der Waals surface area (Å²) in [5.74, 6) is 1.87. The van der Waals surface area contributed by atoms with Gasteiger partial charge in [0.15, 0.2) is 0 Å². The summed E-state index contributed by atoms with van der Waals surface area (Å²) in [5.41, 5.74) is 3.06. The second-order valence-electron chi connectivity index (χ2n) is 4.72. The number of hydrogen-bond donors (Lipinski definition) is 2. The Kier molecular flexibility index (Phi) is 3.24. The van der Waals surface area contributed by atoms with Crippen LogP contribution in [0.2, 0.25) is 0 Å². The first-order chi connectivity index (χ1) is 9.20. The lowest BCUT2D eigenvalue weighted by Gasteiger charge is -2.13. The fraction of sp³-hybridized carbons (Fsp3) is 0.357. The Morgan fingerprint density at radius 2 is 2.26 bits per heavy atom. The summed E-state index contributed by atoms with van der Waals surface area (Å²) in [4.78, 5) is 5.57. The van der Waals surface area contributed by atoms with E-state index in [4.69, 9.17) is 4.74 Å². The molecule has 0 spiro atoms. The topological polar surface area (TPSA) is 39.1 Å². The van der Waals surface area contributed by atoms with Crippen LogP contribution in [-0.2, 0) is 13.1 Å². The summed E-state index contributed by atoms with van der Waals surface area (Å²) in [6.45, 7) is 4.80. The lowest BCUT2D eigenvalue weighted by Crippen LogP contribution is -2.27. The summed E-state index contributed by atoms with van der Waals surface area (Å²) in [5, 5.41) is 3.33. The number of hydrogen-bond acceptors (Lipinski definition) is 4. The van der Waals surface area contributed by atoms with Crippen molar-refractivity contribution in [1.29, 1.82) is 0 Å². The Bertz CT molecular complexity index is 598. The van der Waals surface area contributed by atoms with Gasteiger partial charge in [-0.05, 0) is 18.6 Å². The number of aryl methyl sites for hydroxylation is 1. The predicted molar refractivity (Wildman–Crippen MR) is 77.9 cm³/mol. The Balaban J connectivity index is 2.11. The van der Waals surface area contributed by atoms with Gasteiger partial charge in [0.1, 0.15) is 11.6 Å². The molecular weight excluding hydrogens is 258 g/mol. The average molecular weight is 275 g/mol. The van der Waals surface area contributed by atoms with E-state index in [1.54, 1.807) is 7.11 Å². The Labute approximate surface area is 118 Å². The van der Waals surface area contributed by atoms with Crippen LogP contribution in [0.5, 0.6) is 5.75 Å². The van der Waals surface area contributed by atoms with Crippen LogP contribution in [0.1, 0.15) is 11.4 Å². The molecule has 1 N–H and O–H groups in total. The fourth-order valence-corrected chi connectivity index (χ4v) is 2.68. The number of rotatable bonds is 2. The zero-order valence-electron chi connectivity index (χ0n) is 11.1. The first kappa shape index (κ1) is 12.6. The van der Waals surface area contributed by atoms with Gasteiger partial charge in [0.25, 0.3) is 0 Å². The standard InChI is InChI=1S/C14H17N3OS/c1-9-3-4-10(13(18-2)14(9)19)11-8-17-6-5-15-7-12(17)16-11/h3-4,8,15,19H,5-7H2,1-2H3. The molecule has 0 saturated carbocycles. The molecule has 5 heteroatoms. The number of nitrogens with one attached hydrogen (secondary N) is 1. The summed E-state index contributed by atoms with van der Waals surface area (Å²) in [6.07, 6.45) is 2.09. The minimum Gasteiger partial charge on any atom is -0.495 e. The summed E-state index contributed by atoms with van der Waals surface area (Å²) in [6, 6.07) is 4.10. The quantitative estimate of drug-likeness (QED) is 0.826. The van der Waals surface area contributed by atoms with E-state index in [0.29, 0.717) is 0 Å². The van der Waals surface area contributed by atoms with E-state index in [0.717, 1.165) is 52.9 Å². The molecular formula is C14H17N3OS. The van der Waals surface area contributed by atoms with Gasteiger partial charge >= 0.3 is 0 Å². The first-order valence-electron chi connectivity index (χ1n) is 6.34. The van der Waals surface area contributed by atoms with Crippen LogP contribution >= 0.6 is 12.6 Å². The Morgan fingerprint density at radius 1 is 1.42 bits per heavy atom. The molecule has 0 unspecified atom stereocenters. The monoisotopic (exact) mass is 275 g/mol. The number of nitrogens with zero attached hydrogens (tertiary/aromatic N) is 2. The van der Waals surface area contributed by atoms with E-state index in [-0.39, 0.29) is 0 Å². The second-order valence-corrected chi connectivity index (χ2v) is 5.17. The zero-order valence-corrected chi connectivity index (χ0v) is 12.0. The van der Waals surface area contributed by atoms with Crippen molar-refractivity contribution in [3.63, 3.8) is 0 Å². The number of imidazole rings is 1. The molecule has 0 aliphatic carbocycles. The SMILES string of the molecule is COc1c(-c2cn3c(n2)CNCC3)ccc(C)c1S. The van der Waals surface area contributed by atoms with Gasteiger partial charge in [-0.15, -0.1) is 12.6 Å². The number of aromatic nitrogens is 2. The fourth-order valence-electron chi connectivity index (χ4n) is 2.40. The van der Waals surface area contributed by atoms with Crippen molar-refractivity contribution in [3.8, 4) is 17.0 Å². The van der Waals surface area contributed by atoms with Gasteiger partial charge in [-0.25, -0.2) is 4.98 Å². The van der Waals surface area contributed by atoms with Gasteiger partial charge in [-0.2, -0.15) is 0 Å². The van der Waals surface area contributed by atoms with Crippen molar-refractivity contribution in [2.45, 2.75) is 24.9 Å². The number of fused-ring (bicyclic) bond motifs is 1. The highest BCUT2D eigenvalue weighted by Crippen LogP contribution is 2.36. The molecule has 4 nitrogen and oxygen atoms in total. The third kappa shape index (κ3) is 2.13. The molecule has 19 heavy (non-hydrogen) atoms. The number of ether oxygens (including phenoxy) is 1. The van der Waals surface area contributed by atoms with Crippen LogP contribution in [0, 0.1) is 6.92 Å². The molecule has 0 bridgehead atoms. The first-order valence-corrected chi connectivity index (χ1v) is 6.79. The zero-order chi connectivity index (χ0) is 13.4. The van der Waals surface area contributed by atoms with E-state index in [1.165, 1.54) is 0 Å². The van der Waals surface area contributed by atoms with Gasteiger partial charge in [0.05, 0.1) is 19.3 Å². The molecule has 1 aromatic heterocycles. The van der Waals surface area contributed by atoms with E-state index in [2.05, 4.69) is 45.8 Å². The average Bonchev–Trinajstić information content (AvgIpc) is 2.85. The molecule has 1 aliphatic heterocycles. The van der Waals surface area contributed by atoms with Gasteiger partial charge in [-0.3, -0.25) is 0 Å². The second kappa shape index (κ2) is 4.90. The van der Waals surface area contributed by atoms with Crippen LogP contribution < -0.4 is 10.1 Å². The van der Waals surface area contributed by atoms with Crippen LogP contribution in [0.4, 0.5) is 0 Å². The normalized spacial score (nSPS) is 14.3. The summed E-state index contributed by atoms with van der Waals surface area (Å²) in [7, 11) is 1.68. The van der Waals surface area contributed by atoms with Crippen molar-refractivity contribution < 1.29 is 4.74 Å². The van der Waals surface area contributed by atoms with Crippen molar-refractivity contribution in [2.75, 3.05) is 13.7 Å². The predicted octanol–water partition coefficient (Wildman–Crippen LogP) is 2.26. The molecule has 0 saturated heterocycles. The van der Waals surface area contributed by atoms with Crippen molar-refractivity contribution in [3.05, 3.63) is 29.7 Å². The lowest BCUT2D eigenvalue weighted by molar-refractivity contribution is 0.406. The van der Waals surface area contributed by atoms with Gasteiger partial charge in [0, 0.05) is 29.7 Å². The third-order valence-electron chi connectivity index (χ3n) is 3.49. The number of benzene rings is 1. The molecule has 1 aromatic carbocycles. The van der Waals surface area contributed by atoms with Crippen molar-refractivity contribution in [2.24, 2.45) is 0 Å². The summed E-state index contributed by atoms with van der Waals surface area (Å²) < 4.78 is 7.70. The van der Waals surface area contributed by atoms with E-state index in [9.17, 15) is 0 Å². The van der Waals surface area contributed by atoms with Crippen molar-refractivity contribution >= 4 is 12.6 Å². The van der Waals surface area contributed by atoms with Crippen LogP contribution in [0.15, 0.2) is 23.2 Å². The van der Waals surface area contributed by atoms with Gasteiger partial charge < -0.3 is 14.6 Å². The van der Waals surface area contributed by atoms with E-state index >= 15 is 0 Å². The molecule has 1 aliphatic rings. The number of thiol groups is 1. The highest BCUT2D eigenvalue weighted by Gasteiger charge is 2.17. The largest absolute Gasteiger partial charge is 0.495 e. The van der Waals surface area contributed by atoms with Gasteiger partial charge in [0.2, 0.25) is 0 Å². The highest BCUT2D eigenvalue weighted by atomic mass is 32.1. The molecule has 2 aromatic rings.